The van der Waals surface area contributed by atoms with Crippen molar-refractivity contribution >= 4 is 28.6 Å². The van der Waals surface area contributed by atoms with Gasteiger partial charge in [0.1, 0.15) is 0 Å². The van der Waals surface area contributed by atoms with Gasteiger partial charge in [-0.2, -0.15) is 0 Å². The highest BCUT2D eigenvalue weighted by molar-refractivity contribution is 5.99. The third-order valence-corrected chi connectivity index (χ3v) is 4.41. The number of non-ortho nitro benzene ring substituents is 1. The van der Waals surface area contributed by atoms with E-state index in [2.05, 4.69) is 15.6 Å². The van der Waals surface area contributed by atoms with Gasteiger partial charge < -0.3 is 15.0 Å². The highest BCUT2D eigenvalue weighted by atomic mass is 16.6. The largest absolute Gasteiger partial charge is 0.352 e. The molecule has 8 heteroatoms. The van der Waals surface area contributed by atoms with Crippen molar-refractivity contribution in [3.8, 4) is 0 Å². The van der Waals surface area contributed by atoms with Crippen molar-refractivity contribution in [2.24, 2.45) is 0 Å². The first kappa shape index (κ1) is 18.4. The zero-order valence-corrected chi connectivity index (χ0v) is 15.4. The lowest BCUT2D eigenvalue weighted by molar-refractivity contribution is -0.384. The summed E-state index contributed by atoms with van der Waals surface area (Å²) in [5.41, 5.74) is 3.58. The number of fused-ring (bicyclic) bond motifs is 1. The van der Waals surface area contributed by atoms with E-state index >= 15 is 0 Å². The number of nitro benzene ring substituents is 1. The lowest BCUT2D eigenvalue weighted by atomic mass is 10.1. The highest BCUT2D eigenvalue weighted by Crippen LogP contribution is 2.29. The van der Waals surface area contributed by atoms with Crippen LogP contribution in [0.2, 0.25) is 0 Å². The number of rotatable bonds is 6. The number of benzene rings is 1. The topological polar surface area (TPSA) is 102 Å². The number of anilines is 2. The molecule has 0 aliphatic heterocycles. The maximum Gasteiger partial charge on any atom is 0.271 e. The van der Waals surface area contributed by atoms with Crippen LogP contribution in [0.4, 0.5) is 17.2 Å². The molecular weight excluding hydrogens is 346 g/mol. The van der Waals surface area contributed by atoms with Crippen molar-refractivity contribution in [1.29, 1.82) is 0 Å². The van der Waals surface area contributed by atoms with E-state index in [9.17, 15) is 14.9 Å². The monoisotopic (exact) mass is 367 g/mol. The van der Waals surface area contributed by atoms with E-state index in [1.807, 2.05) is 25.2 Å². The number of hydrogen-bond donors (Lipinski definition) is 2. The molecule has 0 bridgehead atoms. The molecule has 1 aromatic carbocycles. The molecule has 0 saturated carbocycles. The van der Waals surface area contributed by atoms with Crippen LogP contribution in [0.5, 0.6) is 0 Å². The fourth-order valence-corrected chi connectivity index (χ4v) is 2.92. The number of carbonyl (C=O) groups is 1. The van der Waals surface area contributed by atoms with Crippen LogP contribution in [0.15, 0.2) is 36.8 Å². The number of aromatic nitrogens is 2. The molecule has 0 saturated heterocycles. The molecule has 0 radical (unpaired) electrons. The van der Waals surface area contributed by atoms with Gasteiger partial charge in [0, 0.05) is 43.0 Å². The summed E-state index contributed by atoms with van der Waals surface area (Å²) in [4.78, 5) is 27.4. The summed E-state index contributed by atoms with van der Waals surface area (Å²) in [5.74, 6) is 0.406. The van der Waals surface area contributed by atoms with Gasteiger partial charge in [0.2, 0.25) is 0 Å². The standard InChI is InChI=1S/C19H21N5O3/c1-4-7-21-19(25)15-11-23-9-8-20-18(17(23)13(15)3)22-16-10-14(24(26)27)6-5-12(16)2/h5-6,8-11H,4,7H2,1-3H3,(H,20,22)(H,21,25). The Labute approximate surface area is 156 Å². The third kappa shape index (κ3) is 3.59. The van der Waals surface area contributed by atoms with E-state index in [0.717, 1.165) is 23.1 Å². The molecule has 1 amide bonds. The molecule has 140 valence electrons. The van der Waals surface area contributed by atoms with Crippen molar-refractivity contribution in [3.05, 3.63) is 63.6 Å². The number of amides is 1. The van der Waals surface area contributed by atoms with Gasteiger partial charge in [0.15, 0.2) is 5.82 Å². The molecule has 0 spiro atoms. The maximum absolute atomic E-state index is 12.4. The highest BCUT2D eigenvalue weighted by Gasteiger charge is 2.18. The zero-order valence-electron chi connectivity index (χ0n) is 15.4. The van der Waals surface area contributed by atoms with E-state index in [0.29, 0.717) is 23.6 Å². The minimum absolute atomic E-state index is 0.00166. The van der Waals surface area contributed by atoms with E-state index in [1.54, 1.807) is 24.7 Å². The van der Waals surface area contributed by atoms with Gasteiger partial charge in [-0.1, -0.05) is 13.0 Å². The first-order chi connectivity index (χ1) is 12.9. The Morgan fingerprint density at radius 3 is 2.81 bits per heavy atom. The fraction of sp³-hybridized carbons (Fsp3) is 0.263. The Morgan fingerprint density at radius 1 is 1.33 bits per heavy atom. The molecule has 2 N–H and O–H groups in total. The molecule has 0 unspecified atom stereocenters. The summed E-state index contributed by atoms with van der Waals surface area (Å²) in [6, 6.07) is 4.64. The molecular formula is C19H21N5O3. The molecule has 27 heavy (non-hydrogen) atoms. The number of hydrogen-bond acceptors (Lipinski definition) is 5. The Hall–Kier alpha value is -3.42. The smallest absolute Gasteiger partial charge is 0.271 e. The molecule has 8 nitrogen and oxygen atoms in total. The quantitative estimate of drug-likeness (QED) is 0.510. The van der Waals surface area contributed by atoms with Crippen molar-refractivity contribution in [2.45, 2.75) is 27.2 Å². The lowest BCUT2D eigenvalue weighted by Crippen LogP contribution is -2.24. The van der Waals surface area contributed by atoms with Crippen LogP contribution < -0.4 is 10.6 Å². The van der Waals surface area contributed by atoms with Crippen LogP contribution >= 0.6 is 0 Å². The average Bonchev–Trinajstić information content (AvgIpc) is 2.99. The summed E-state index contributed by atoms with van der Waals surface area (Å²) >= 11 is 0. The van der Waals surface area contributed by atoms with E-state index < -0.39 is 4.92 Å². The van der Waals surface area contributed by atoms with Crippen LogP contribution in [-0.4, -0.2) is 26.8 Å². The second kappa shape index (κ2) is 7.45. The summed E-state index contributed by atoms with van der Waals surface area (Å²) in [7, 11) is 0. The predicted octanol–water partition coefficient (Wildman–Crippen LogP) is 3.74. The Balaban J connectivity index is 2.03. The zero-order chi connectivity index (χ0) is 19.6. The van der Waals surface area contributed by atoms with Crippen molar-refractivity contribution in [3.63, 3.8) is 0 Å². The minimum atomic E-state index is -0.433. The van der Waals surface area contributed by atoms with E-state index in [1.165, 1.54) is 12.1 Å². The van der Waals surface area contributed by atoms with E-state index in [4.69, 9.17) is 0 Å². The summed E-state index contributed by atoms with van der Waals surface area (Å²) < 4.78 is 1.83. The second-order valence-corrected chi connectivity index (χ2v) is 6.34. The SMILES string of the molecule is CCCNC(=O)c1cn2ccnc(Nc3cc([N+](=O)[O-])ccc3C)c2c1C. The fourth-order valence-electron chi connectivity index (χ4n) is 2.92. The van der Waals surface area contributed by atoms with Crippen LogP contribution in [0.3, 0.4) is 0 Å². The second-order valence-electron chi connectivity index (χ2n) is 6.34. The van der Waals surface area contributed by atoms with Gasteiger partial charge in [0.25, 0.3) is 11.6 Å². The normalized spacial score (nSPS) is 10.8. The van der Waals surface area contributed by atoms with Crippen molar-refractivity contribution in [1.82, 2.24) is 14.7 Å². The van der Waals surface area contributed by atoms with Crippen molar-refractivity contribution in [2.75, 3.05) is 11.9 Å². The number of nitro groups is 1. The van der Waals surface area contributed by atoms with Crippen LogP contribution in [0, 0.1) is 24.0 Å². The number of carbonyl (C=O) groups excluding carboxylic acids is 1. The number of aryl methyl sites for hydroxylation is 2. The molecule has 0 aliphatic rings. The molecule has 2 heterocycles. The molecule has 0 fully saturated rings. The van der Waals surface area contributed by atoms with Gasteiger partial charge in [0.05, 0.1) is 16.0 Å². The van der Waals surface area contributed by atoms with Gasteiger partial charge in [-0.3, -0.25) is 14.9 Å². The minimum Gasteiger partial charge on any atom is -0.352 e. The van der Waals surface area contributed by atoms with Crippen LogP contribution in [0.25, 0.3) is 5.52 Å². The predicted molar refractivity (Wildman–Crippen MR) is 104 cm³/mol. The third-order valence-electron chi connectivity index (χ3n) is 4.41. The number of nitrogens with one attached hydrogen (secondary N) is 2. The van der Waals surface area contributed by atoms with Gasteiger partial charge in [-0.25, -0.2) is 4.98 Å². The number of nitrogens with zero attached hydrogens (tertiary/aromatic N) is 3. The molecule has 0 atom stereocenters. The van der Waals surface area contributed by atoms with Gasteiger partial charge in [-0.05, 0) is 31.4 Å². The molecule has 0 aliphatic carbocycles. The Morgan fingerprint density at radius 2 is 2.11 bits per heavy atom. The van der Waals surface area contributed by atoms with Crippen LogP contribution in [0.1, 0.15) is 34.8 Å². The average molecular weight is 367 g/mol. The molecule has 3 rings (SSSR count). The summed E-state index contributed by atoms with van der Waals surface area (Å²) in [5, 5.41) is 17.1. The van der Waals surface area contributed by atoms with Crippen molar-refractivity contribution < 1.29 is 9.72 Å². The maximum atomic E-state index is 12.4. The molecule has 3 aromatic rings. The Kier molecular flexibility index (Phi) is 5.07. The van der Waals surface area contributed by atoms with E-state index in [-0.39, 0.29) is 11.6 Å². The van der Waals surface area contributed by atoms with Crippen LogP contribution in [-0.2, 0) is 0 Å². The summed E-state index contributed by atoms with van der Waals surface area (Å²) in [6.45, 7) is 6.33. The first-order valence-corrected chi connectivity index (χ1v) is 8.69. The summed E-state index contributed by atoms with van der Waals surface area (Å²) in [6.07, 6.45) is 6.01. The molecule has 2 aromatic heterocycles. The van der Waals surface area contributed by atoms with Gasteiger partial charge in [-0.15, -0.1) is 0 Å². The lowest BCUT2D eigenvalue weighted by Gasteiger charge is -2.11. The Bertz CT molecular complexity index is 1030. The van der Waals surface area contributed by atoms with Gasteiger partial charge >= 0.3 is 0 Å². The first-order valence-electron chi connectivity index (χ1n) is 8.69.